The summed E-state index contributed by atoms with van der Waals surface area (Å²) >= 11 is 0. The summed E-state index contributed by atoms with van der Waals surface area (Å²) in [5.74, 6) is 0. The first-order valence-corrected chi connectivity index (χ1v) is 0. The fourth-order valence-electron chi connectivity index (χ4n) is 0. The Morgan fingerprint density at radius 3 is 1.00 bits per heavy atom. The molecule has 0 aliphatic rings. The van der Waals surface area contributed by atoms with Crippen LogP contribution in [0.4, 0.5) is 4.70 Å². The summed E-state index contributed by atoms with van der Waals surface area (Å²) in [6, 6.07) is 0. The molecule has 0 saturated carbocycles. The molecular formula is H7AlBaFHfLaNa. The van der Waals surface area contributed by atoms with Crippen LogP contribution in [0, 0.1) is 35.6 Å². The Morgan fingerprint density at radius 1 is 1.00 bits per heavy atom. The standard InChI is InChI=1S/Al.Ba.FH.Hf.La.Na.6H/h;;1H;;;;;;;;;. The van der Waals surface area contributed by atoms with Crippen molar-refractivity contribution in [1.82, 2.24) is 0 Å². The van der Waals surface area contributed by atoms with Crippen molar-refractivity contribution in [3.05, 3.63) is 0 Å². The van der Waals surface area contributed by atoms with E-state index in [9.17, 15) is 0 Å². The van der Waals surface area contributed by atoms with Gasteiger partial charge in [-0.2, -0.15) is 0 Å². The summed E-state index contributed by atoms with van der Waals surface area (Å²) in [6.07, 6.45) is 0. The molecule has 0 fully saturated rings. The number of halogens is 1. The van der Waals surface area contributed by atoms with Gasteiger partial charge in [0.25, 0.3) is 0 Å². The molecule has 0 aliphatic heterocycles. The van der Waals surface area contributed by atoms with E-state index in [2.05, 4.69) is 0 Å². The molecule has 0 rings (SSSR count). The molecule has 0 N–H and O–H groups in total. The molecule has 6 heavy (non-hydrogen) atoms. The third kappa shape index (κ3) is 23.0. The zero-order chi connectivity index (χ0) is 0. The van der Waals surface area contributed by atoms with Crippen molar-refractivity contribution in [1.29, 1.82) is 0 Å². The van der Waals surface area contributed by atoms with Gasteiger partial charge in [0.2, 0.25) is 0 Å². The van der Waals surface area contributed by atoms with Crippen LogP contribution in [0.5, 0.6) is 0 Å². The molecule has 0 saturated heterocycles. The molecule has 0 atom stereocenters. The molecule has 1 radical (unpaired) electrons. The minimum atomic E-state index is 0. The van der Waals surface area contributed by atoms with Crippen LogP contribution in [0.3, 0.4) is 0 Å². The Bertz CT molecular complexity index is 15.5. The molecule has 0 bridgehead atoms. The van der Waals surface area contributed by atoms with Crippen LogP contribution in [0.25, 0.3) is 0 Å². The third-order valence-corrected chi connectivity index (χ3v) is 0. The van der Waals surface area contributed by atoms with Gasteiger partial charge in [-0.25, -0.2) is 0 Å². The van der Waals surface area contributed by atoms with E-state index in [1.165, 1.54) is 0 Å². The Labute approximate surface area is 157 Å². The normalized spacial score (nSPS) is 0. The number of rotatable bonds is 0. The van der Waals surface area contributed by atoms with Gasteiger partial charge in [0.15, 0.2) is 17.4 Å². The first-order valence-electron chi connectivity index (χ1n) is 0. The van der Waals surface area contributed by atoms with Crippen molar-refractivity contribution >= 4 is 95.8 Å². The molecule has 0 aromatic carbocycles. The zero-order valence-corrected chi connectivity index (χ0v) is 8.70. The average Bonchev–Trinajstić information content (AvgIpc) is 0. The van der Waals surface area contributed by atoms with E-state index in [1.807, 2.05) is 0 Å². The Balaban J connectivity index is 0. The van der Waals surface area contributed by atoms with Crippen molar-refractivity contribution in [3.63, 3.8) is 0 Å². The van der Waals surface area contributed by atoms with Gasteiger partial charge in [0.1, 0.15) is 0 Å². The molecule has 0 unspecified atom stereocenters. The zero-order valence-electron chi connectivity index (χ0n) is 1.49. The van der Waals surface area contributed by atoms with E-state index in [0.717, 1.165) is 0 Å². The molecule has 0 amide bonds. The molecule has 0 aromatic rings. The Morgan fingerprint density at radius 2 is 1.00 bits per heavy atom. The maximum atomic E-state index is 0. The maximum absolute atomic E-state index is 0. The van der Waals surface area contributed by atoms with Gasteiger partial charge in [0, 0.05) is 61.4 Å². The van der Waals surface area contributed by atoms with Crippen LogP contribution < -0.4 is 0 Å². The summed E-state index contributed by atoms with van der Waals surface area (Å²) in [7, 11) is 0. The SMILES string of the molecule is F.[AlH3].[BaH2].[Hf].[La].[NaH]. The second kappa shape index (κ2) is 32.2. The third-order valence-electron chi connectivity index (χ3n) is 0. The second-order valence-electron chi connectivity index (χ2n) is 0. The quantitative estimate of drug-likeness (QED) is 0.302. The first-order chi connectivity index (χ1) is 0. The van der Waals surface area contributed by atoms with Gasteiger partial charge in [-0.15, -0.1) is 0 Å². The summed E-state index contributed by atoms with van der Waals surface area (Å²) in [6.45, 7) is 0. The van der Waals surface area contributed by atoms with E-state index in [1.54, 1.807) is 0 Å². The molecule has 0 heterocycles. The van der Waals surface area contributed by atoms with E-state index >= 15 is 0 Å². The molecule has 27 valence electrons. The fourth-order valence-corrected chi connectivity index (χ4v) is 0. The van der Waals surface area contributed by atoms with Crippen LogP contribution in [0.1, 0.15) is 0 Å². The van der Waals surface area contributed by atoms with Gasteiger partial charge < -0.3 is 0 Å². The van der Waals surface area contributed by atoms with Crippen LogP contribution >= 0.6 is 0 Å². The van der Waals surface area contributed by atoms with Gasteiger partial charge in [-0.05, 0) is 0 Å². The molecule has 0 aliphatic carbocycles. The topological polar surface area (TPSA) is 0 Å². The minimum absolute atomic E-state index is 0. The van der Waals surface area contributed by atoms with E-state index < -0.39 is 0 Å². The van der Waals surface area contributed by atoms with Crippen LogP contribution in [0.15, 0.2) is 0 Å². The molecular weight excluding hydrogens is 524 g/mol. The monoisotopic (exact) mass is 533 g/mol. The summed E-state index contributed by atoms with van der Waals surface area (Å²) in [5, 5.41) is 0. The van der Waals surface area contributed by atoms with E-state index in [0.29, 0.717) is 0 Å². The van der Waals surface area contributed by atoms with Crippen molar-refractivity contribution in [2.45, 2.75) is 0 Å². The molecule has 0 nitrogen and oxygen atoms in total. The van der Waals surface area contributed by atoms with Crippen LogP contribution in [-0.4, -0.2) is 95.8 Å². The fraction of sp³-hybridized carbons (Fsp3) is 0. The van der Waals surface area contributed by atoms with Crippen molar-refractivity contribution in [2.24, 2.45) is 0 Å². The van der Waals surface area contributed by atoms with Gasteiger partial charge in [0.05, 0.1) is 0 Å². The van der Waals surface area contributed by atoms with Crippen LogP contribution in [-0.2, 0) is 25.8 Å². The Hall–Kier alpha value is 5.10. The van der Waals surface area contributed by atoms with Crippen LogP contribution in [0.2, 0.25) is 0 Å². The van der Waals surface area contributed by atoms with Gasteiger partial charge in [-0.3, -0.25) is 4.70 Å². The van der Waals surface area contributed by atoms with E-state index in [4.69, 9.17) is 0 Å². The summed E-state index contributed by atoms with van der Waals surface area (Å²) in [5.41, 5.74) is 0. The predicted molar refractivity (Wildman–Crippen MR) is 28.1 cm³/mol. The molecule has 0 aromatic heterocycles. The van der Waals surface area contributed by atoms with Gasteiger partial charge in [-0.1, -0.05) is 0 Å². The summed E-state index contributed by atoms with van der Waals surface area (Å²) < 4.78 is 0. The summed E-state index contributed by atoms with van der Waals surface area (Å²) in [4.78, 5) is 0. The second-order valence-corrected chi connectivity index (χ2v) is 0. The predicted octanol–water partition coefficient (Wildman–Crippen LogP) is -2.60. The van der Waals surface area contributed by atoms with Crippen molar-refractivity contribution < 1.29 is 66.1 Å². The number of hydrogen-bond donors (Lipinski definition) is 0. The van der Waals surface area contributed by atoms with Crippen molar-refractivity contribution in [2.75, 3.05) is 0 Å². The number of hydrogen-bond acceptors (Lipinski definition) is 0. The van der Waals surface area contributed by atoms with Crippen molar-refractivity contribution in [3.8, 4) is 0 Å². The van der Waals surface area contributed by atoms with E-state index in [-0.39, 0.29) is 162 Å². The first kappa shape index (κ1) is 43.5. The Kier molecular flexibility index (Phi) is 233. The molecule has 6 heteroatoms. The average molecular weight is 531 g/mol. The van der Waals surface area contributed by atoms with Gasteiger partial charge >= 0.3 is 78.4 Å². The molecule has 0 spiro atoms.